The number of halogens is 3. The highest BCUT2D eigenvalue weighted by atomic mass is 19.4. The Kier molecular flexibility index (Phi) is 4.70. The Morgan fingerprint density at radius 1 is 1.00 bits per heavy atom. The van der Waals surface area contributed by atoms with Gasteiger partial charge < -0.3 is 9.47 Å². The van der Waals surface area contributed by atoms with Gasteiger partial charge in [-0.05, 0) is 30.2 Å². The van der Waals surface area contributed by atoms with Gasteiger partial charge in [-0.25, -0.2) is 0 Å². The Balaban J connectivity index is 2.39. The third-order valence-corrected chi connectivity index (χ3v) is 2.85. The Hall–Kier alpha value is -2.50. The molecule has 0 saturated heterocycles. The lowest BCUT2D eigenvalue weighted by atomic mass is 10.0. The molecule has 22 heavy (non-hydrogen) atoms. The molecule has 2 aromatic rings. The fourth-order valence-electron chi connectivity index (χ4n) is 1.92. The Bertz CT molecular complexity index is 649. The molecular weight excluding hydrogens is 297 g/mol. The van der Waals surface area contributed by atoms with Crippen molar-refractivity contribution in [3.05, 3.63) is 48.0 Å². The summed E-state index contributed by atoms with van der Waals surface area (Å²) in [6, 6.07) is 10.8. The van der Waals surface area contributed by atoms with Gasteiger partial charge in [-0.1, -0.05) is 30.3 Å². The van der Waals surface area contributed by atoms with E-state index in [1.807, 2.05) is 0 Å². The highest BCUT2D eigenvalue weighted by Gasteiger charge is 2.32. The number of carbonyl (C=O) groups is 1. The minimum Gasteiger partial charge on any atom is -0.490 e. The maximum Gasteiger partial charge on any atom is 0.573 e. The highest BCUT2D eigenvalue weighted by molar-refractivity contribution is 5.77. The van der Waals surface area contributed by atoms with Gasteiger partial charge in [0.25, 0.3) is 0 Å². The van der Waals surface area contributed by atoms with E-state index in [1.165, 1.54) is 12.1 Å². The normalized spacial score (nSPS) is 11.1. The predicted octanol–water partition coefficient (Wildman–Crippen LogP) is 4.46. The largest absolute Gasteiger partial charge is 0.573 e. The molecule has 0 unspecified atom stereocenters. The van der Waals surface area contributed by atoms with E-state index in [2.05, 4.69) is 4.74 Å². The first-order valence-electron chi connectivity index (χ1n) is 6.51. The minimum absolute atomic E-state index is 0.0214. The average Bonchev–Trinajstić information content (AvgIpc) is 2.48. The molecule has 2 aromatic carbocycles. The van der Waals surface area contributed by atoms with Crippen molar-refractivity contribution >= 4 is 6.29 Å². The van der Waals surface area contributed by atoms with Crippen LogP contribution >= 0.6 is 0 Å². The van der Waals surface area contributed by atoms with Gasteiger partial charge in [-0.15, -0.1) is 13.2 Å². The lowest BCUT2D eigenvalue weighted by Gasteiger charge is -2.15. The van der Waals surface area contributed by atoms with Crippen LogP contribution in [0.4, 0.5) is 13.2 Å². The fourth-order valence-corrected chi connectivity index (χ4v) is 1.92. The fraction of sp³-hybridized carbons (Fsp3) is 0.188. The van der Waals surface area contributed by atoms with Crippen LogP contribution in [0.25, 0.3) is 11.1 Å². The van der Waals surface area contributed by atoms with Crippen LogP contribution in [0, 0.1) is 0 Å². The summed E-state index contributed by atoms with van der Waals surface area (Å²) >= 11 is 0. The second kappa shape index (κ2) is 6.51. The minimum atomic E-state index is -4.80. The summed E-state index contributed by atoms with van der Waals surface area (Å²) in [4.78, 5) is 10.6. The Morgan fingerprint density at radius 2 is 1.64 bits per heavy atom. The van der Waals surface area contributed by atoms with E-state index in [1.54, 1.807) is 37.3 Å². The highest BCUT2D eigenvalue weighted by Crippen LogP contribution is 2.36. The van der Waals surface area contributed by atoms with Gasteiger partial charge in [0.2, 0.25) is 0 Å². The summed E-state index contributed by atoms with van der Waals surface area (Å²) in [7, 11) is 0. The van der Waals surface area contributed by atoms with Crippen LogP contribution in [0.2, 0.25) is 0 Å². The summed E-state index contributed by atoms with van der Waals surface area (Å²) in [5.41, 5.74) is 1.68. The van der Waals surface area contributed by atoms with Gasteiger partial charge in [0.05, 0.1) is 6.61 Å². The van der Waals surface area contributed by atoms with Gasteiger partial charge in [0, 0.05) is 5.56 Å². The van der Waals surface area contributed by atoms with Crippen LogP contribution in [-0.4, -0.2) is 19.3 Å². The van der Waals surface area contributed by atoms with Gasteiger partial charge in [0.15, 0.2) is 11.5 Å². The second-order valence-electron chi connectivity index (χ2n) is 4.38. The molecule has 0 spiro atoms. The average molecular weight is 310 g/mol. The van der Waals surface area contributed by atoms with Crippen LogP contribution in [-0.2, 0) is 0 Å². The predicted molar refractivity (Wildman–Crippen MR) is 75.1 cm³/mol. The summed E-state index contributed by atoms with van der Waals surface area (Å²) < 4.78 is 46.6. The van der Waals surface area contributed by atoms with Crippen molar-refractivity contribution in [1.82, 2.24) is 0 Å². The van der Waals surface area contributed by atoms with Gasteiger partial charge >= 0.3 is 6.36 Å². The molecule has 0 saturated carbocycles. The monoisotopic (exact) mass is 310 g/mol. The summed E-state index contributed by atoms with van der Waals surface area (Å²) in [5.74, 6) is -0.376. The van der Waals surface area contributed by atoms with Crippen LogP contribution < -0.4 is 9.47 Å². The summed E-state index contributed by atoms with van der Waals surface area (Å²) in [6.45, 7) is 1.89. The number of hydrogen-bond donors (Lipinski definition) is 0. The molecule has 0 atom stereocenters. The zero-order valence-electron chi connectivity index (χ0n) is 11.7. The SMILES string of the molecule is CCOc1ccc(-c2ccc(C=O)cc2)cc1OC(F)(F)F. The first kappa shape index (κ1) is 15.9. The molecule has 0 amide bonds. The van der Waals surface area contributed by atoms with E-state index in [-0.39, 0.29) is 12.4 Å². The van der Waals surface area contributed by atoms with E-state index in [0.29, 0.717) is 23.0 Å². The van der Waals surface area contributed by atoms with Gasteiger partial charge in [-0.3, -0.25) is 4.79 Å². The molecule has 0 aliphatic carbocycles. The maximum atomic E-state index is 12.5. The smallest absolute Gasteiger partial charge is 0.490 e. The van der Waals surface area contributed by atoms with E-state index >= 15 is 0 Å². The van der Waals surface area contributed by atoms with Crippen LogP contribution in [0.5, 0.6) is 11.5 Å². The molecule has 3 nitrogen and oxygen atoms in total. The Morgan fingerprint density at radius 3 is 2.18 bits per heavy atom. The number of hydrogen-bond acceptors (Lipinski definition) is 3. The van der Waals surface area contributed by atoms with E-state index < -0.39 is 12.1 Å². The molecule has 116 valence electrons. The van der Waals surface area contributed by atoms with Crippen molar-refractivity contribution in [3.8, 4) is 22.6 Å². The summed E-state index contributed by atoms with van der Waals surface area (Å²) in [6.07, 6.45) is -4.11. The molecule has 0 aliphatic heterocycles. The molecule has 0 bridgehead atoms. The lowest BCUT2D eigenvalue weighted by molar-refractivity contribution is -0.275. The number of ether oxygens (including phenoxy) is 2. The summed E-state index contributed by atoms with van der Waals surface area (Å²) in [5, 5.41) is 0. The first-order valence-corrected chi connectivity index (χ1v) is 6.51. The van der Waals surface area contributed by atoms with Crippen molar-refractivity contribution in [1.29, 1.82) is 0 Å². The number of aldehydes is 1. The van der Waals surface area contributed by atoms with Crippen molar-refractivity contribution in [2.24, 2.45) is 0 Å². The topological polar surface area (TPSA) is 35.5 Å². The van der Waals surface area contributed by atoms with Gasteiger partial charge in [-0.2, -0.15) is 0 Å². The third kappa shape index (κ3) is 4.00. The quantitative estimate of drug-likeness (QED) is 0.765. The molecular formula is C16H13F3O3. The molecule has 0 aliphatic rings. The number of alkyl halides is 3. The van der Waals surface area contributed by atoms with E-state index in [0.717, 1.165) is 0 Å². The molecule has 6 heteroatoms. The molecule has 0 heterocycles. The zero-order chi connectivity index (χ0) is 16.2. The van der Waals surface area contributed by atoms with Crippen LogP contribution in [0.1, 0.15) is 17.3 Å². The zero-order valence-corrected chi connectivity index (χ0v) is 11.7. The van der Waals surface area contributed by atoms with Gasteiger partial charge in [0.1, 0.15) is 6.29 Å². The van der Waals surface area contributed by atoms with Crippen molar-refractivity contribution in [2.75, 3.05) is 6.61 Å². The maximum absolute atomic E-state index is 12.5. The first-order chi connectivity index (χ1) is 10.4. The van der Waals surface area contributed by atoms with Crippen LogP contribution in [0.15, 0.2) is 42.5 Å². The molecule has 0 fully saturated rings. The lowest BCUT2D eigenvalue weighted by Crippen LogP contribution is -2.17. The van der Waals surface area contributed by atoms with Crippen LogP contribution in [0.3, 0.4) is 0 Å². The van der Waals surface area contributed by atoms with E-state index in [9.17, 15) is 18.0 Å². The third-order valence-electron chi connectivity index (χ3n) is 2.85. The number of rotatable bonds is 5. The number of benzene rings is 2. The molecule has 0 radical (unpaired) electrons. The molecule has 0 aromatic heterocycles. The van der Waals surface area contributed by atoms with Crippen molar-refractivity contribution < 1.29 is 27.4 Å². The van der Waals surface area contributed by atoms with Crippen molar-refractivity contribution in [3.63, 3.8) is 0 Å². The van der Waals surface area contributed by atoms with E-state index in [4.69, 9.17) is 4.74 Å². The standard InChI is InChI=1S/C16H13F3O3/c1-2-21-14-8-7-13(9-15(14)22-16(17,18)19)12-5-3-11(10-20)4-6-12/h3-10H,2H2,1H3. The Labute approximate surface area is 125 Å². The van der Waals surface area contributed by atoms with Crippen molar-refractivity contribution in [2.45, 2.75) is 13.3 Å². The molecule has 2 rings (SSSR count). The number of carbonyl (C=O) groups excluding carboxylic acids is 1. The second-order valence-corrected chi connectivity index (χ2v) is 4.38. The molecule has 0 N–H and O–H groups in total.